The van der Waals surface area contributed by atoms with Gasteiger partial charge in [-0.1, -0.05) is 13.8 Å². The molecule has 90 valence electrons. The van der Waals surface area contributed by atoms with Crippen molar-refractivity contribution in [2.24, 2.45) is 11.7 Å². The molecule has 1 saturated carbocycles. The highest BCUT2D eigenvalue weighted by Crippen LogP contribution is 2.26. The number of nitrogens with zero attached hydrogens (tertiary/aromatic N) is 1. The Morgan fingerprint density at radius 3 is 2.53 bits per heavy atom. The first-order valence-corrected chi connectivity index (χ1v) is 6.12. The number of hydrogen-bond acceptors (Lipinski definition) is 3. The Bertz CT molecular complexity index is 169. The fraction of sp³-hybridized carbons (Fsp3) is 1.00. The van der Waals surface area contributed by atoms with E-state index in [0.717, 1.165) is 32.2 Å². The van der Waals surface area contributed by atoms with Gasteiger partial charge < -0.3 is 10.5 Å². The molecule has 0 heterocycles. The molecule has 15 heavy (non-hydrogen) atoms. The SMILES string of the molecule is COCCN(CC(N)CC(C)C)C1CC1. The molecule has 1 rings (SSSR count). The standard InChI is InChI=1S/C12H26N2O/c1-10(2)8-11(13)9-14(6-7-15-3)12-4-5-12/h10-12H,4-9,13H2,1-3H3. The first-order chi connectivity index (χ1) is 7.13. The summed E-state index contributed by atoms with van der Waals surface area (Å²) in [6, 6.07) is 1.11. The average Bonchev–Trinajstić information content (AvgIpc) is 2.93. The number of nitrogens with two attached hydrogens (primary N) is 1. The van der Waals surface area contributed by atoms with Crippen LogP contribution < -0.4 is 5.73 Å². The number of methoxy groups -OCH3 is 1. The van der Waals surface area contributed by atoms with E-state index in [1.54, 1.807) is 7.11 Å². The van der Waals surface area contributed by atoms with E-state index in [0.29, 0.717) is 12.0 Å². The maximum absolute atomic E-state index is 6.13. The van der Waals surface area contributed by atoms with Crippen LogP contribution in [0.4, 0.5) is 0 Å². The summed E-state index contributed by atoms with van der Waals surface area (Å²) in [6.07, 6.45) is 3.81. The molecular weight excluding hydrogens is 188 g/mol. The number of ether oxygens (including phenoxy) is 1. The van der Waals surface area contributed by atoms with Crippen molar-refractivity contribution in [3.63, 3.8) is 0 Å². The monoisotopic (exact) mass is 214 g/mol. The maximum atomic E-state index is 6.13. The molecule has 0 bridgehead atoms. The lowest BCUT2D eigenvalue weighted by molar-refractivity contribution is 0.137. The van der Waals surface area contributed by atoms with Crippen molar-refractivity contribution in [1.29, 1.82) is 0 Å². The molecule has 3 heteroatoms. The molecule has 0 radical (unpaired) electrons. The predicted octanol–water partition coefficient (Wildman–Crippen LogP) is 1.47. The third-order valence-corrected chi connectivity index (χ3v) is 2.89. The quantitative estimate of drug-likeness (QED) is 0.665. The Morgan fingerprint density at radius 2 is 2.07 bits per heavy atom. The largest absolute Gasteiger partial charge is 0.383 e. The van der Waals surface area contributed by atoms with Crippen LogP contribution in [0.1, 0.15) is 33.1 Å². The van der Waals surface area contributed by atoms with E-state index in [9.17, 15) is 0 Å². The van der Waals surface area contributed by atoms with Gasteiger partial charge in [0.1, 0.15) is 0 Å². The van der Waals surface area contributed by atoms with Crippen molar-refractivity contribution >= 4 is 0 Å². The van der Waals surface area contributed by atoms with Crippen molar-refractivity contribution in [1.82, 2.24) is 4.90 Å². The molecule has 1 unspecified atom stereocenters. The van der Waals surface area contributed by atoms with E-state index >= 15 is 0 Å². The van der Waals surface area contributed by atoms with Gasteiger partial charge in [-0.15, -0.1) is 0 Å². The van der Waals surface area contributed by atoms with Gasteiger partial charge in [0, 0.05) is 32.3 Å². The third kappa shape index (κ3) is 5.50. The van der Waals surface area contributed by atoms with Gasteiger partial charge in [-0.2, -0.15) is 0 Å². The van der Waals surface area contributed by atoms with Crippen LogP contribution >= 0.6 is 0 Å². The van der Waals surface area contributed by atoms with Gasteiger partial charge >= 0.3 is 0 Å². The molecule has 2 N–H and O–H groups in total. The normalized spacial score (nSPS) is 18.8. The summed E-state index contributed by atoms with van der Waals surface area (Å²) in [5.74, 6) is 0.698. The van der Waals surface area contributed by atoms with Crippen molar-refractivity contribution < 1.29 is 4.74 Å². The van der Waals surface area contributed by atoms with Gasteiger partial charge in [0.05, 0.1) is 6.61 Å². The molecule has 1 fully saturated rings. The van der Waals surface area contributed by atoms with E-state index in [4.69, 9.17) is 10.5 Å². The highest BCUT2D eigenvalue weighted by molar-refractivity contribution is 4.86. The minimum absolute atomic E-state index is 0.322. The molecule has 3 nitrogen and oxygen atoms in total. The lowest BCUT2D eigenvalue weighted by atomic mass is 10.0. The summed E-state index contributed by atoms with van der Waals surface area (Å²) in [4.78, 5) is 2.50. The summed E-state index contributed by atoms with van der Waals surface area (Å²) in [5.41, 5.74) is 6.13. The summed E-state index contributed by atoms with van der Waals surface area (Å²) < 4.78 is 5.13. The molecule has 0 spiro atoms. The lowest BCUT2D eigenvalue weighted by Gasteiger charge is -2.26. The zero-order valence-electron chi connectivity index (χ0n) is 10.4. The van der Waals surface area contributed by atoms with E-state index in [2.05, 4.69) is 18.7 Å². The minimum Gasteiger partial charge on any atom is -0.383 e. The third-order valence-electron chi connectivity index (χ3n) is 2.89. The van der Waals surface area contributed by atoms with E-state index in [-0.39, 0.29) is 0 Å². The van der Waals surface area contributed by atoms with Crippen LogP contribution in [0.3, 0.4) is 0 Å². The Kier molecular flexibility index (Phi) is 5.58. The van der Waals surface area contributed by atoms with Crippen molar-refractivity contribution in [2.75, 3.05) is 26.8 Å². The number of hydrogen-bond donors (Lipinski definition) is 1. The lowest BCUT2D eigenvalue weighted by Crippen LogP contribution is -2.41. The van der Waals surface area contributed by atoms with Crippen LogP contribution in [0.25, 0.3) is 0 Å². The zero-order valence-corrected chi connectivity index (χ0v) is 10.4. The van der Waals surface area contributed by atoms with Gasteiger partial charge in [0.15, 0.2) is 0 Å². The molecule has 1 aliphatic rings. The molecule has 0 aliphatic heterocycles. The van der Waals surface area contributed by atoms with Crippen LogP contribution in [0, 0.1) is 5.92 Å². The molecule has 0 aromatic rings. The molecule has 1 atom stereocenters. The van der Waals surface area contributed by atoms with Gasteiger partial charge in [-0.3, -0.25) is 4.90 Å². The second-order valence-electron chi connectivity index (χ2n) is 5.11. The van der Waals surface area contributed by atoms with Crippen molar-refractivity contribution in [3.05, 3.63) is 0 Å². The zero-order chi connectivity index (χ0) is 11.3. The van der Waals surface area contributed by atoms with Gasteiger partial charge in [0.2, 0.25) is 0 Å². The van der Waals surface area contributed by atoms with Crippen LogP contribution in [0.2, 0.25) is 0 Å². The molecule has 0 amide bonds. The van der Waals surface area contributed by atoms with Gasteiger partial charge in [-0.25, -0.2) is 0 Å². The van der Waals surface area contributed by atoms with Crippen LogP contribution in [0.5, 0.6) is 0 Å². The Balaban J connectivity index is 2.23. The maximum Gasteiger partial charge on any atom is 0.0589 e. The van der Waals surface area contributed by atoms with Crippen LogP contribution in [-0.2, 0) is 4.74 Å². The van der Waals surface area contributed by atoms with E-state index in [1.165, 1.54) is 12.8 Å². The molecular formula is C12H26N2O. The van der Waals surface area contributed by atoms with Gasteiger partial charge in [0.25, 0.3) is 0 Å². The Labute approximate surface area is 94.0 Å². The summed E-state index contributed by atoms with van der Waals surface area (Å²) >= 11 is 0. The summed E-state index contributed by atoms with van der Waals surface area (Å²) in [5, 5.41) is 0. The van der Waals surface area contributed by atoms with Crippen molar-refractivity contribution in [2.45, 2.75) is 45.2 Å². The summed E-state index contributed by atoms with van der Waals surface area (Å²) in [6.45, 7) is 7.36. The van der Waals surface area contributed by atoms with E-state index < -0.39 is 0 Å². The molecule has 0 aromatic carbocycles. The smallest absolute Gasteiger partial charge is 0.0589 e. The fourth-order valence-corrected chi connectivity index (χ4v) is 2.05. The van der Waals surface area contributed by atoms with Crippen LogP contribution in [0.15, 0.2) is 0 Å². The first kappa shape index (κ1) is 12.9. The molecule has 1 aliphatic carbocycles. The second-order valence-corrected chi connectivity index (χ2v) is 5.11. The summed E-state index contributed by atoms with van der Waals surface area (Å²) in [7, 11) is 1.76. The van der Waals surface area contributed by atoms with Crippen LogP contribution in [-0.4, -0.2) is 43.8 Å². The molecule has 0 saturated heterocycles. The fourth-order valence-electron chi connectivity index (χ4n) is 2.05. The topological polar surface area (TPSA) is 38.5 Å². The van der Waals surface area contributed by atoms with Crippen molar-refractivity contribution in [3.8, 4) is 0 Å². The second kappa shape index (κ2) is 6.46. The average molecular weight is 214 g/mol. The Morgan fingerprint density at radius 1 is 1.40 bits per heavy atom. The Hall–Kier alpha value is -0.120. The highest BCUT2D eigenvalue weighted by atomic mass is 16.5. The molecule has 0 aromatic heterocycles. The van der Waals surface area contributed by atoms with Gasteiger partial charge in [-0.05, 0) is 25.2 Å². The van der Waals surface area contributed by atoms with E-state index in [1.807, 2.05) is 0 Å². The minimum atomic E-state index is 0.322. The first-order valence-electron chi connectivity index (χ1n) is 6.12. The highest BCUT2D eigenvalue weighted by Gasteiger charge is 2.29. The predicted molar refractivity (Wildman–Crippen MR) is 63.9 cm³/mol. The number of rotatable bonds is 8.